The van der Waals surface area contributed by atoms with Crippen LogP contribution in [0.5, 0.6) is 5.75 Å². The predicted octanol–water partition coefficient (Wildman–Crippen LogP) is 3.79. The fourth-order valence-corrected chi connectivity index (χ4v) is 2.13. The van der Waals surface area contributed by atoms with Gasteiger partial charge in [-0.1, -0.05) is 25.1 Å². The maximum absolute atomic E-state index is 9.89. The van der Waals surface area contributed by atoms with Crippen LogP contribution in [0.15, 0.2) is 47.1 Å². The van der Waals surface area contributed by atoms with E-state index in [1.54, 1.807) is 12.3 Å². The monoisotopic (exact) mass is 245 g/mol. The zero-order chi connectivity index (χ0) is 13.0. The fourth-order valence-electron chi connectivity index (χ4n) is 2.13. The minimum atomic E-state index is 0.115. The molecular formula is C15H19NO2. The third-order valence-corrected chi connectivity index (χ3v) is 3.14. The highest BCUT2D eigenvalue weighted by atomic mass is 16.3. The van der Waals surface area contributed by atoms with E-state index < -0.39 is 0 Å². The van der Waals surface area contributed by atoms with Gasteiger partial charge in [0.2, 0.25) is 0 Å². The van der Waals surface area contributed by atoms with E-state index in [1.807, 2.05) is 30.3 Å². The second-order valence-electron chi connectivity index (χ2n) is 4.42. The second-order valence-corrected chi connectivity index (χ2v) is 4.42. The number of phenols is 1. The molecule has 0 saturated heterocycles. The van der Waals surface area contributed by atoms with Crippen LogP contribution in [0, 0.1) is 0 Å². The highest BCUT2D eigenvalue weighted by Crippen LogP contribution is 2.28. The first kappa shape index (κ1) is 12.7. The Labute approximate surface area is 107 Å². The lowest BCUT2D eigenvalue weighted by atomic mass is 10.0. The molecule has 96 valence electrons. The van der Waals surface area contributed by atoms with Gasteiger partial charge in [-0.25, -0.2) is 0 Å². The average molecular weight is 245 g/mol. The van der Waals surface area contributed by atoms with Crippen LogP contribution in [0.2, 0.25) is 0 Å². The molecule has 0 spiro atoms. The van der Waals surface area contributed by atoms with Crippen LogP contribution in [0.1, 0.15) is 43.7 Å². The van der Waals surface area contributed by atoms with Crippen LogP contribution in [0.3, 0.4) is 0 Å². The van der Waals surface area contributed by atoms with Gasteiger partial charge in [-0.15, -0.1) is 0 Å². The third-order valence-electron chi connectivity index (χ3n) is 3.14. The normalized spacial score (nSPS) is 14.3. The summed E-state index contributed by atoms with van der Waals surface area (Å²) in [6.07, 6.45) is 2.58. The summed E-state index contributed by atoms with van der Waals surface area (Å²) in [6, 6.07) is 11.5. The molecule has 0 aliphatic heterocycles. The van der Waals surface area contributed by atoms with E-state index in [4.69, 9.17) is 4.42 Å². The number of phenolic OH excluding ortho intramolecular Hbond substituents is 1. The van der Waals surface area contributed by atoms with Crippen molar-refractivity contribution in [1.29, 1.82) is 0 Å². The van der Waals surface area contributed by atoms with Crippen molar-refractivity contribution in [1.82, 2.24) is 5.32 Å². The van der Waals surface area contributed by atoms with Crippen LogP contribution in [-0.4, -0.2) is 5.11 Å². The standard InChI is InChI=1S/C15H19NO2/c1-3-13(12-7-4-5-8-14(12)17)16-11(2)15-9-6-10-18-15/h4-11,13,16-17H,3H2,1-2H3/t11-,13?/m1/s1. The lowest BCUT2D eigenvalue weighted by Gasteiger charge is -2.22. The van der Waals surface area contributed by atoms with Crippen molar-refractivity contribution in [3.05, 3.63) is 54.0 Å². The molecule has 3 nitrogen and oxygen atoms in total. The molecule has 3 heteroatoms. The van der Waals surface area contributed by atoms with Crippen LogP contribution >= 0.6 is 0 Å². The Hall–Kier alpha value is -1.74. The van der Waals surface area contributed by atoms with Crippen molar-refractivity contribution >= 4 is 0 Å². The Morgan fingerprint density at radius 2 is 2.00 bits per heavy atom. The van der Waals surface area contributed by atoms with Crippen LogP contribution in [-0.2, 0) is 0 Å². The van der Waals surface area contributed by atoms with Gasteiger partial charge in [-0.05, 0) is 31.5 Å². The number of hydrogen-bond acceptors (Lipinski definition) is 3. The minimum Gasteiger partial charge on any atom is -0.508 e. The summed E-state index contributed by atoms with van der Waals surface area (Å²) in [5.74, 6) is 1.24. The largest absolute Gasteiger partial charge is 0.508 e. The third kappa shape index (κ3) is 2.74. The summed E-state index contributed by atoms with van der Waals surface area (Å²) < 4.78 is 5.38. The van der Waals surface area contributed by atoms with Crippen LogP contribution in [0.4, 0.5) is 0 Å². The summed E-state index contributed by atoms with van der Waals surface area (Å²) in [7, 11) is 0. The van der Waals surface area contributed by atoms with Gasteiger partial charge in [0.15, 0.2) is 0 Å². The topological polar surface area (TPSA) is 45.4 Å². The lowest BCUT2D eigenvalue weighted by Crippen LogP contribution is -2.24. The van der Waals surface area contributed by atoms with Crippen molar-refractivity contribution in [2.24, 2.45) is 0 Å². The van der Waals surface area contributed by atoms with Gasteiger partial charge in [-0.2, -0.15) is 0 Å². The summed E-state index contributed by atoms with van der Waals surface area (Å²) >= 11 is 0. The molecule has 1 aromatic heterocycles. The van der Waals surface area contributed by atoms with E-state index >= 15 is 0 Å². The molecule has 0 amide bonds. The quantitative estimate of drug-likeness (QED) is 0.842. The fraction of sp³-hybridized carbons (Fsp3) is 0.333. The molecule has 2 N–H and O–H groups in total. The maximum Gasteiger partial charge on any atom is 0.120 e. The second kappa shape index (κ2) is 5.74. The summed E-state index contributed by atoms with van der Waals surface area (Å²) in [4.78, 5) is 0. The van der Waals surface area contributed by atoms with Crippen molar-refractivity contribution in [2.45, 2.75) is 32.4 Å². The SMILES string of the molecule is CCC(N[C@H](C)c1ccco1)c1ccccc1O. The Bertz CT molecular complexity index is 479. The van der Waals surface area contributed by atoms with Crippen LogP contribution in [0.25, 0.3) is 0 Å². The first-order chi connectivity index (χ1) is 8.72. The molecule has 1 unspecified atom stereocenters. The highest BCUT2D eigenvalue weighted by Gasteiger charge is 2.17. The van der Waals surface area contributed by atoms with E-state index in [2.05, 4.69) is 19.2 Å². The van der Waals surface area contributed by atoms with Crippen LogP contribution < -0.4 is 5.32 Å². The van der Waals surface area contributed by atoms with E-state index in [1.165, 1.54) is 0 Å². The molecule has 2 rings (SSSR count). The lowest BCUT2D eigenvalue weighted by molar-refractivity contribution is 0.376. The van der Waals surface area contributed by atoms with Crippen molar-refractivity contribution < 1.29 is 9.52 Å². The molecule has 0 bridgehead atoms. The molecular weight excluding hydrogens is 226 g/mol. The molecule has 2 aromatic rings. The maximum atomic E-state index is 9.89. The smallest absolute Gasteiger partial charge is 0.120 e. The summed E-state index contributed by atoms with van der Waals surface area (Å²) in [5.41, 5.74) is 0.929. The molecule has 18 heavy (non-hydrogen) atoms. The molecule has 0 fully saturated rings. The summed E-state index contributed by atoms with van der Waals surface area (Å²) in [5, 5.41) is 13.4. The minimum absolute atomic E-state index is 0.115. The van der Waals surface area contributed by atoms with Gasteiger partial charge in [0.1, 0.15) is 11.5 Å². The van der Waals surface area contributed by atoms with Crippen molar-refractivity contribution in [3.8, 4) is 5.75 Å². The zero-order valence-corrected chi connectivity index (χ0v) is 10.8. The van der Waals surface area contributed by atoms with Crippen molar-refractivity contribution in [3.63, 3.8) is 0 Å². The molecule has 0 aliphatic carbocycles. The van der Waals surface area contributed by atoms with E-state index in [-0.39, 0.29) is 12.1 Å². The first-order valence-electron chi connectivity index (χ1n) is 6.29. The molecule has 2 atom stereocenters. The van der Waals surface area contributed by atoms with E-state index in [0.717, 1.165) is 17.7 Å². The summed E-state index contributed by atoms with van der Waals surface area (Å²) in [6.45, 7) is 4.15. The Morgan fingerprint density at radius 3 is 2.61 bits per heavy atom. The molecule has 1 heterocycles. The Balaban J connectivity index is 2.13. The van der Waals surface area contributed by atoms with Gasteiger partial charge < -0.3 is 14.8 Å². The zero-order valence-electron chi connectivity index (χ0n) is 10.8. The average Bonchev–Trinajstić information content (AvgIpc) is 2.90. The van der Waals surface area contributed by atoms with Gasteiger partial charge >= 0.3 is 0 Å². The molecule has 1 aromatic carbocycles. The van der Waals surface area contributed by atoms with Gasteiger partial charge in [-0.3, -0.25) is 0 Å². The Kier molecular flexibility index (Phi) is 4.05. The first-order valence-corrected chi connectivity index (χ1v) is 6.29. The number of nitrogens with one attached hydrogen (secondary N) is 1. The molecule has 0 radical (unpaired) electrons. The van der Waals surface area contributed by atoms with E-state index in [0.29, 0.717) is 5.75 Å². The number of aromatic hydroxyl groups is 1. The number of hydrogen-bond donors (Lipinski definition) is 2. The van der Waals surface area contributed by atoms with Gasteiger partial charge in [0, 0.05) is 11.6 Å². The van der Waals surface area contributed by atoms with Gasteiger partial charge in [0.25, 0.3) is 0 Å². The van der Waals surface area contributed by atoms with Gasteiger partial charge in [0.05, 0.1) is 12.3 Å². The molecule has 0 aliphatic rings. The number of furan rings is 1. The number of benzene rings is 1. The number of para-hydroxylation sites is 1. The van der Waals surface area contributed by atoms with E-state index in [9.17, 15) is 5.11 Å². The van der Waals surface area contributed by atoms with Crippen molar-refractivity contribution in [2.75, 3.05) is 0 Å². The Morgan fingerprint density at radius 1 is 1.22 bits per heavy atom. The highest BCUT2D eigenvalue weighted by molar-refractivity contribution is 5.34. The molecule has 0 saturated carbocycles. The predicted molar refractivity (Wildman–Crippen MR) is 71.4 cm³/mol. The number of rotatable bonds is 5.